The summed E-state index contributed by atoms with van der Waals surface area (Å²) < 4.78 is 35.0. The summed E-state index contributed by atoms with van der Waals surface area (Å²) in [6.07, 6.45) is 0.425. The number of piperidine rings is 1. The SMILES string of the molecule is CC(C)(C)OC(=O)N1CC[C@H](N)[C@@H](c2ccc(Cl)c(Cl)c2)C1.Cc1ccc(S(=O)(=O)O)cc1. The van der Waals surface area contributed by atoms with Gasteiger partial charge in [-0.2, -0.15) is 8.42 Å². The maximum atomic E-state index is 12.2. The van der Waals surface area contributed by atoms with E-state index in [9.17, 15) is 13.2 Å². The molecule has 7 nitrogen and oxygen atoms in total. The zero-order valence-electron chi connectivity index (χ0n) is 19.1. The highest BCUT2D eigenvalue weighted by Crippen LogP contribution is 2.31. The first-order valence-corrected chi connectivity index (χ1v) is 12.6. The van der Waals surface area contributed by atoms with Crippen molar-refractivity contribution < 1.29 is 22.5 Å². The second-order valence-electron chi connectivity index (χ2n) is 8.95. The van der Waals surface area contributed by atoms with E-state index < -0.39 is 15.7 Å². The third-order valence-corrected chi connectivity index (χ3v) is 6.62. The van der Waals surface area contributed by atoms with Crippen molar-refractivity contribution in [3.8, 4) is 0 Å². The Kier molecular flexibility index (Phi) is 9.18. The van der Waals surface area contributed by atoms with Crippen LogP contribution in [0.1, 0.15) is 44.2 Å². The molecule has 0 aliphatic carbocycles. The summed E-state index contributed by atoms with van der Waals surface area (Å²) in [6.45, 7) is 8.54. The van der Waals surface area contributed by atoms with Gasteiger partial charge in [0.15, 0.2) is 0 Å². The zero-order valence-corrected chi connectivity index (χ0v) is 21.4. The summed E-state index contributed by atoms with van der Waals surface area (Å²) in [4.78, 5) is 13.9. The van der Waals surface area contributed by atoms with E-state index >= 15 is 0 Å². The van der Waals surface area contributed by atoms with Crippen molar-refractivity contribution in [3.63, 3.8) is 0 Å². The molecule has 0 radical (unpaired) electrons. The number of carbonyl (C=O) groups excluding carboxylic acids is 1. The summed E-state index contributed by atoms with van der Waals surface area (Å²) in [6, 6.07) is 11.5. The normalized spacial score (nSPS) is 18.8. The van der Waals surface area contributed by atoms with E-state index in [-0.39, 0.29) is 22.9 Å². The molecule has 1 aliphatic rings. The average Bonchev–Trinajstić information content (AvgIpc) is 2.69. The van der Waals surface area contributed by atoms with Crippen molar-refractivity contribution in [2.45, 2.75) is 56.6 Å². The molecule has 33 heavy (non-hydrogen) atoms. The lowest BCUT2D eigenvalue weighted by atomic mass is 9.87. The number of ether oxygens (including phenoxy) is 1. The fourth-order valence-corrected chi connectivity index (χ4v) is 4.05. The molecule has 1 heterocycles. The van der Waals surface area contributed by atoms with Crippen LogP contribution in [0, 0.1) is 6.92 Å². The molecule has 3 rings (SSSR count). The van der Waals surface area contributed by atoms with Gasteiger partial charge in [-0.1, -0.05) is 47.0 Å². The highest BCUT2D eigenvalue weighted by atomic mass is 35.5. The van der Waals surface area contributed by atoms with Gasteiger partial charge >= 0.3 is 6.09 Å². The van der Waals surface area contributed by atoms with E-state index in [4.69, 9.17) is 38.2 Å². The molecule has 0 unspecified atom stereocenters. The van der Waals surface area contributed by atoms with Crippen molar-refractivity contribution in [3.05, 3.63) is 63.6 Å². The Morgan fingerprint density at radius 1 is 1.12 bits per heavy atom. The van der Waals surface area contributed by atoms with Gasteiger partial charge in [-0.15, -0.1) is 0 Å². The van der Waals surface area contributed by atoms with E-state index in [2.05, 4.69) is 0 Å². The standard InChI is InChI=1S/C16H22Cl2N2O2.C7H8O3S/c1-16(2,3)22-15(21)20-7-6-14(19)11(9-20)10-4-5-12(17)13(18)8-10;1-6-2-4-7(5-3-6)11(8,9)10/h4-5,8,11,14H,6-7,9,19H2,1-3H3;2-5H,1H3,(H,8,9,10)/t11-,14+;/m1./s1. The summed E-state index contributed by atoms with van der Waals surface area (Å²) in [5.41, 5.74) is 7.68. The number of aryl methyl sites for hydroxylation is 1. The highest BCUT2D eigenvalue weighted by molar-refractivity contribution is 7.85. The Balaban J connectivity index is 0.000000294. The van der Waals surface area contributed by atoms with Crippen molar-refractivity contribution in [1.29, 1.82) is 0 Å². The molecule has 1 aliphatic heterocycles. The lowest BCUT2D eigenvalue weighted by Gasteiger charge is -2.37. The second-order valence-corrected chi connectivity index (χ2v) is 11.2. The molecular formula is C23H30Cl2N2O5S. The maximum Gasteiger partial charge on any atom is 0.410 e. The number of rotatable bonds is 2. The van der Waals surface area contributed by atoms with Gasteiger partial charge in [-0.3, -0.25) is 4.55 Å². The van der Waals surface area contributed by atoms with Crippen LogP contribution in [0.15, 0.2) is 47.4 Å². The molecule has 3 N–H and O–H groups in total. The summed E-state index contributed by atoms with van der Waals surface area (Å²) in [5, 5.41) is 1.01. The molecule has 2 aromatic carbocycles. The van der Waals surface area contributed by atoms with Crippen LogP contribution in [0.2, 0.25) is 10.0 Å². The lowest BCUT2D eigenvalue weighted by Crippen LogP contribution is -2.49. The number of hydrogen-bond donors (Lipinski definition) is 2. The maximum absolute atomic E-state index is 12.2. The predicted octanol–water partition coefficient (Wildman–Crippen LogP) is 5.29. The first kappa shape index (κ1) is 27.4. The van der Waals surface area contributed by atoms with Crippen molar-refractivity contribution in [2.75, 3.05) is 13.1 Å². The minimum atomic E-state index is -4.02. The molecule has 2 atom stereocenters. The summed E-state index contributed by atoms with van der Waals surface area (Å²) in [5.74, 6) is 0.0241. The Hall–Kier alpha value is -1.84. The Bertz CT molecular complexity index is 1070. The van der Waals surface area contributed by atoms with Gasteiger partial charge < -0.3 is 15.4 Å². The van der Waals surface area contributed by atoms with Crippen LogP contribution in [0.3, 0.4) is 0 Å². The number of nitrogens with zero attached hydrogens (tertiary/aromatic N) is 1. The third-order valence-electron chi connectivity index (χ3n) is 5.01. The topological polar surface area (TPSA) is 110 Å². The van der Waals surface area contributed by atoms with E-state index in [1.165, 1.54) is 12.1 Å². The van der Waals surface area contributed by atoms with Crippen LogP contribution in [0.5, 0.6) is 0 Å². The highest BCUT2D eigenvalue weighted by Gasteiger charge is 2.32. The second kappa shape index (κ2) is 11.1. The fourth-order valence-electron chi connectivity index (χ4n) is 3.27. The summed E-state index contributed by atoms with van der Waals surface area (Å²) >= 11 is 12.0. The molecule has 0 aromatic heterocycles. The lowest BCUT2D eigenvalue weighted by molar-refractivity contribution is 0.0186. The first-order valence-electron chi connectivity index (χ1n) is 10.4. The monoisotopic (exact) mass is 516 g/mol. The van der Waals surface area contributed by atoms with E-state index in [1.807, 2.05) is 39.8 Å². The van der Waals surface area contributed by atoms with Gasteiger partial charge in [0.1, 0.15) is 5.60 Å². The minimum absolute atomic E-state index is 0.0177. The third kappa shape index (κ3) is 8.46. The number of amides is 1. The molecular weight excluding hydrogens is 487 g/mol. The van der Waals surface area contributed by atoms with Gasteiger partial charge in [0.25, 0.3) is 10.1 Å². The van der Waals surface area contributed by atoms with E-state index in [0.29, 0.717) is 23.1 Å². The quantitative estimate of drug-likeness (QED) is 0.524. The van der Waals surface area contributed by atoms with Crippen LogP contribution in [0.4, 0.5) is 4.79 Å². The van der Waals surface area contributed by atoms with Crippen LogP contribution < -0.4 is 5.73 Å². The largest absolute Gasteiger partial charge is 0.444 e. The number of carbonyl (C=O) groups is 1. The molecule has 0 saturated carbocycles. The van der Waals surface area contributed by atoms with E-state index in [0.717, 1.165) is 17.5 Å². The molecule has 10 heteroatoms. The number of benzene rings is 2. The molecule has 0 spiro atoms. The first-order chi connectivity index (χ1) is 15.2. The number of nitrogens with two attached hydrogens (primary N) is 1. The molecule has 0 bridgehead atoms. The summed E-state index contributed by atoms with van der Waals surface area (Å²) in [7, 11) is -4.02. The number of hydrogen-bond acceptors (Lipinski definition) is 5. The molecule has 2 aromatic rings. The minimum Gasteiger partial charge on any atom is -0.444 e. The zero-order chi connectivity index (χ0) is 25.0. The van der Waals surface area contributed by atoms with E-state index in [1.54, 1.807) is 23.1 Å². The van der Waals surface area contributed by atoms with Crippen LogP contribution >= 0.6 is 23.2 Å². The van der Waals surface area contributed by atoms with Crippen molar-refractivity contribution >= 4 is 39.4 Å². The molecule has 1 fully saturated rings. The molecule has 182 valence electrons. The molecule has 1 saturated heterocycles. The number of halogens is 2. The van der Waals surface area contributed by atoms with Gasteiger partial charge in [-0.05, 0) is 63.9 Å². The van der Waals surface area contributed by atoms with Crippen LogP contribution in [-0.4, -0.2) is 48.7 Å². The molecule has 1 amide bonds. The van der Waals surface area contributed by atoms with Gasteiger partial charge in [0.05, 0.1) is 14.9 Å². The smallest absolute Gasteiger partial charge is 0.410 e. The van der Waals surface area contributed by atoms with Gasteiger partial charge in [0.2, 0.25) is 0 Å². The van der Waals surface area contributed by atoms with Crippen LogP contribution in [-0.2, 0) is 14.9 Å². The van der Waals surface area contributed by atoms with Crippen molar-refractivity contribution in [2.24, 2.45) is 5.73 Å². The van der Waals surface area contributed by atoms with Crippen LogP contribution in [0.25, 0.3) is 0 Å². The Labute approximate surface area is 205 Å². The predicted molar refractivity (Wildman–Crippen MR) is 131 cm³/mol. The van der Waals surface area contributed by atoms with Gasteiger partial charge in [0, 0.05) is 25.0 Å². The Morgan fingerprint density at radius 3 is 2.24 bits per heavy atom. The van der Waals surface area contributed by atoms with Gasteiger partial charge in [-0.25, -0.2) is 4.79 Å². The van der Waals surface area contributed by atoms with Crippen molar-refractivity contribution in [1.82, 2.24) is 4.90 Å². The number of likely N-dealkylation sites (tertiary alicyclic amines) is 1. The average molecular weight is 517 g/mol. The fraction of sp³-hybridized carbons (Fsp3) is 0.435. The Morgan fingerprint density at radius 2 is 1.73 bits per heavy atom.